The lowest BCUT2D eigenvalue weighted by Gasteiger charge is -2.20. The molecule has 3 aromatic rings. The summed E-state index contributed by atoms with van der Waals surface area (Å²) in [5.41, 5.74) is 8.58. The second-order valence-corrected chi connectivity index (χ2v) is 10.5. The first-order chi connectivity index (χ1) is 18.8. The summed E-state index contributed by atoms with van der Waals surface area (Å²) >= 11 is 0. The van der Waals surface area contributed by atoms with Crippen molar-refractivity contribution < 1.29 is 33.3 Å². The number of hydrogen-bond donors (Lipinski definition) is 1. The van der Waals surface area contributed by atoms with E-state index in [0.717, 1.165) is 44.5 Å². The Bertz CT molecular complexity index is 1510. The van der Waals surface area contributed by atoms with Gasteiger partial charge in [0.25, 0.3) is 0 Å². The zero-order valence-corrected chi connectivity index (χ0v) is 21.9. The molecule has 6 rings (SSSR count). The van der Waals surface area contributed by atoms with Crippen LogP contribution in [0.15, 0.2) is 48.5 Å². The molecule has 0 saturated carbocycles. The SMILES string of the molecule is Cc1cc(C2=CC(=O)OCC2)cc(C)c1-c1ccc(F)c2c1CCC2Oc1ccc2c(c1)OCC2CC(=O)O. The van der Waals surface area contributed by atoms with Crippen LogP contribution < -0.4 is 9.47 Å². The molecule has 0 aromatic heterocycles. The third kappa shape index (κ3) is 4.67. The average Bonchev–Trinajstić information content (AvgIpc) is 3.49. The number of cyclic esters (lactones) is 1. The number of fused-ring (bicyclic) bond motifs is 2. The predicted molar refractivity (Wildman–Crippen MR) is 143 cm³/mol. The maximum absolute atomic E-state index is 15.3. The number of aliphatic carboxylic acids is 1. The molecule has 2 atom stereocenters. The number of carboxylic acids is 1. The molecule has 2 heterocycles. The summed E-state index contributed by atoms with van der Waals surface area (Å²) < 4.78 is 32.3. The highest BCUT2D eigenvalue weighted by molar-refractivity contribution is 5.93. The molecule has 0 fully saturated rings. The van der Waals surface area contributed by atoms with Gasteiger partial charge in [-0.15, -0.1) is 0 Å². The lowest BCUT2D eigenvalue weighted by atomic mass is 9.87. The number of carbonyl (C=O) groups is 2. The van der Waals surface area contributed by atoms with E-state index in [9.17, 15) is 9.59 Å². The van der Waals surface area contributed by atoms with E-state index in [1.54, 1.807) is 12.1 Å². The van der Waals surface area contributed by atoms with E-state index >= 15 is 4.39 Å². The number of ether oxygens (including phenoxy) is 3. The molecule has 7 heteroatoms. The molecule has 2 unspecified atom stereocenters. The Hall–Kier alpha value is -4.13. The highest BCUT2D eigenvalue weighted by Crippen LogP contribution is 2.45. The Morgan fingerprint density at radius 2 is 1.87 bits per heavy atom. The average molecular weight is 529 g/mol. The Morgan fingerprint density at radius 1 is 1.08 bits per heavy atom. The van der Waals surface area contributed by atoms with Gasteiger partial charge in [-0.25, -0.2) is 9.18 Å². The summed E-state index contributed by atoms with van der Waals surface area (Å²) in [5.74, 6) is -0.440. The van der Waals surface area contributed by atoms with Gasteiger partial charge in [-0.3, -0.25) is 4.79 Å². The Morgan fingerprint density at radius 3 is 2.62 bits per heavy atom. The van der Waals surface area contributed by atoms with Crippen LogP contribution in [0.5, 0.6) is 11.5 Å². The van der Waals surface area contributed by atoms with Crippen LogP contribution in [0.3, 0.4) is 0 Å². The minimum atomic E-state index is -0.860. The minimum Gasteiger partial charge on any atom is -0.492 e. The van der Waals surface area contributed by atoms with E-state index in [2.05, 4.69) is 12.1 Å². The number of rotatable bonds is 6. The summed E-state index contributed by atoms with van der Waals surface area (Å²) in [7, 11) is 0. The van der Waals surface area contributed by atoms with E-state index < -0.39 is 12.1 Å². The van der Waals surface area contributed by atoms with Gasteiger partial charge in [0.15, 0.2) is 0 Å². The molecule has 0 amide bonds. The van der Waals surface area contributed by atoms with Crippen molar-refractivity contribution in [2.45, 2.75) is 51.6 Å². The zero-order valence-electron chi connectivity index (χ0n) is 21.9. The molecule has 0 radical (unpaired) electrons. The number of carbonyl (C=O) groups excluding carboxylic acids is 1. The molecule has 3 aromatic carbocycles. The second kappa shape index (κ2) is 9.88. The summed E-state index contributed by atoms with van der Waals surface area (Å²) in [5, 5.41) is 9.15. The van der Waals surface area contributed by atoms with Crippen LogP contribution in [0.25, 0.3) is 16.7 Å². The van der Waals surface area contributed by atoms with Crippen molar-refractivity contribution in [3.63, 3.8) is 0 Å². The number of benzene rings is 3. The molecule has 200 valence electrons. The fraction of sp³-hybridized carbons (Fsp3) is 0.312. The van der Waals surface area contributed by atoms with Crippen molar-refractivity contribution in [3.8, 4) is 22.6 Å². The van der Waals surface area contributed by atoms with Gasteiger partial charge in [0.05, 0.1) is 19.6 Å². The van der Waals surface area contributed by atoms with E-state index in [4.69, 9.17) is 19.3 Å². The topological polar surface area (TPSA) is 82.1 Å². The van der Waals surface area contributed by atoms with Gasteiger partial charge in [-0.05, 0) is 77.8 Å². The third-order valence-electron chi connectivity index (χ3n) is 7.93. The first-order valence-electron chi connectivity index (χ1n) is 13.2. The lowest BCUT2D eigenvalue weighted by Crippen LogP contribution is -2.10. The first-order valence-corrected chi connectivity index (χ1v) is 13.2. The number of aryl methyl sites for hydroxylation is 2. The Balaban J connectivity index is 1.30. The van der Waals surface area contributed by atoms with Crippen molar-refractivity contribution in [3.05, 3.63) is 87.7 Å². The highest BCUT2D eigenvalue weighted by Gasteiger charge is 2.32. The molecule has 0 bridgehead atoms. The van der Waals surface area contributed by atoms with Crippen molar-refractivity contribution >= 4 is 17.5 Å². The first kappa shape index (κ1) is 25.2. The lowest BCUT2D eigenvalue weighted by molar-refractivity contribution is -0.138. The van der Waals surface area contributed by atoms with Crippen LogP contribution in [0, 0.1) is 19.7 Å². The van der Waals surface area contributed by atoms with E-state index in [0.29, 0.717) is 49.5 Å². The Labute approximate surface area is 226 Å². The summed E-state index contributed by atoms with van der Waals surface area (Å²) in [6.07, 6.45) is 3.16. The second-order valence-electron chi connectivity index (χ2n) is 10.5. The van der Waals surface area contributed by atoms with Crippen LogP contribution in [-0.4, -0.2) is 30.3 Å². The Kier molecular flexibility index (Phi) is 6.37. The molecular weight excluding hydrogens is 499 g/mol. The minimum absolute atomic E-state index is 0.0150. The van der Waals surface area contributed by atoms with Crippen LogP contribution in [0.2, 0.25) is 0 Å². The van der Waals surface area contributed by atoms with Crippen molar-refractivity contribution in [2.24, 2.45) is 0 Å². The largest absolute Gasteiger partial charge is 0.492 e. The summed E-state index contributed by atoms with van der Waals surface area (Å²) in [6, 6.07) is 13.0. The monoisotopic (exact) mass is 528 g/mol. The molecule has 1 N–H and O–H groups in total. The van der Waals surface area contributed by atoms with Gasteiger partial charge < -0.3 is 19.3 Å². The highest BCUT2D eigenvalue weighted by atomic mass is 19.1. The molecular formula is C32H29FO6. The third-order valence-corrected chi connectivity index (χ3v) is 7.93. The van der Waals surface area contributed by atoms with Gasteiger partial charge in [0.2, 0.25) is 0 Å². The molecule has 2 aliphatic heterocycles. The van der Waals surface area contributed by atoms with Crippen molar-refractivity contribution in [1.82, 2.24) is 0 Å². The molecule has 0 saturated heterocycles. The van der Waals surface area contributed by atoms with E-state index in [1.165, 1.54) is 6.07 Å². The molecule has 6 nitrogen and oxygen atoms in total. The van der Waals surface area contributed by atoms with Gasteiger partial charge in [0.1, 0.15) is 23.4 Å². The van der Waals surface area contributed by atoms with Crippen molar-refractivity contribution in [2.75, 3.05) is 13.2 Å². The number of halogens is 1. The fourth-order valence-corrected chi connectivity index (χ4v) is 6.22. The number of carboxylic acid groups (broad SMARTS) is 1. The van der Waals surface area contributed by atoms with Crippen molar-refractivity contribution in [1.29, 1.82) is 0 Å². The van der Waals surface area contributed by atoms with Crippen LogP contribution in [-0.2, 0) is 20.7 Å². The van der Waals surface area contributed by atoms with Gasteiger partial charge in [-0.1, -0.05) is 24.3 Å². The summed E-state index contributed by atoms with van der Waals surface area (Å²) in [4.78, 5) is 22.9. The maximum Gasteiger partial charge on any atom is 0.331 e. The van der Waals surface area contributed by atoms with Crippen LogP contribution in [0.4, 0.5) is 4.39 Å². The maximum atomic E-state index is 15.3. The fourth-order valence-electron chi connectivity index (χ4n) is 6.22. The summed E-state index contributed by atoms with van der Waals surface area (Å²) in [6.45, 7) is 4.81. The van der Waals surface area contributed by atoms with Crippen LogP contribution in [0.1, 0.15) is 64.7 Å². The smallest absolute Gasteiger partial charge is 0.331 e. The predicted octanol–water partition coefficient (Wildman–Crippen LogP) is 6.46. The number of esters is 1. The standard InChI is InChI=1S/C32H29FO6/c1-17-11-20(19-9-10-37-30(36)14-19)12-18(2)31(17)24-5-7-26(33)32-25(24)6-8-27(32)39-22-3-4-23-21(13-29(34)35)16-38-28(23)15-22/h3-5,7,11-12,14-15,21,27H,6,8-10,13,16H2,1-2H3,(H,34,35). The van der Waals surface area contributed by atoms with E-state index in [1.807, 2.05) is 32.0 Å². The zero-order chi connectivity index (χ0) is 27.3. The van der Waals surface area contributed by atoms with Crippen LogP contribution >= 0.6 is 0 Å². The molecule has 3 aliphatic rings. The number of hydrogen-bond acceptors (Lipinski definition) is 5. The quantitative estimate of drug-likeness (QED) is 0.370. The molecule has 39 heavy (non-hydrogen) atoms. The van der Waals surface area contributed by atoms with E-state index in [-0.39, 0.29) is 24.1 Å². The molecule has 1 aliphatic carbocycles. The normalized spacial score (nSPS) is 19.6. The molecule has 0 spiro atoms. The van der Waals surface area contributed by atoms with Gasteiger partial charge in [0, 0.05) is 35.6 Å². The van der Waals surface area contributed by atoms with Gasteiger partial charge in [-0.2, -0.15) is 0 Å². The van der Waals surface area contributed by atoms with Gasteiger partial charge >= 0.3 is 11.9 Å².